The summed E-state index contributed by atoms with van der Waals surface area (Å²) in [6.45, 7) is 2.38. The Labute approximate surface area is 101 Å². The molecule has 1 aromatic carbocycles. The molecule has 1 rings (SSSR count). The van der Waals surface area contributed by atoms with E-state index in [-0.39, 0.29) is 11.1 Å². The number of rotatable bonds is 5. The predicted octanol–water partition coefficient (Wildman–Crippen LogP) is 2.43. The topological polar surface area (TPSA) is 52.6 Å². The van der Waals surface area contributed by atoms with Gasteiger partial charge in [0.1, 0.15) is 0 Å². The molecular weight excluding hydrogens is 220 g/mol. The molecule has 0 saturated heterocycles. The second kappa shape index (κ2) is 6.68. The van der Waals surface area contributed by atoms with E-state index in [0.29, 0.717) is 6.61 Å². The lowest BCUT2D eigenvalue weighted by Crippen LogP contribution is -2.13. The quantitative estimate of drug-likeness (QED) is 0.582. The van der Waals surface area contributed by atoms with E-state index in [1.807, 2.05) is 6.92 Å². The van der Waals surface area contributed by atoms with Crippen molar-refractivity contribution in [2.75, 3.05) is 13.7 Å². The summed E-state index contributed by atoms with van der Waals surface area (Å²) < 4.78 is 9.66. The first-order valence-corrected chi connectivity index (χ1v) is 5.55. The molecule has 0 aliphatic heterocycles. The van der Waals surface area contributed by atoms with Gasteiger partial charge >= 0.3 is 11.9 Å². The summed E-state index contributed by atoms with van der Waals surface area (Å²) >= 11 is 0. The van der Waals surface area contributed by atoms with Crippen molar-refractivity contribution in [2.24, 2.45) is 0 Å². The molecule has 1 aromatic rings. The molecule has 4 heteroatoms. The summed E-state index contributed by atoms with van der Waals surface area (Å²) in [7, 11) is 1.28. The van der Waals surface area contributed by atoms with Crippen LogP contribution in [0.25, 0.3) is 0 Å². The normalized spacial score (nSPS) is 9.76. The Morgan fingerprint density at radius 3 is 2.24 bits per heavy atom. The SMILES string of the molecule is CCCCOC(=O)c1ccccc1C(=O)OC. The Kier molecular flexibility index (Phi) is 5.20. The minimum atomic E-state index is -0.534. The van der Waals surface area contributed by atoms with Gasteiger partial charge in [0.15, 0.2) is 0 Å². The standard InChI is InChI=1S/C13H16O4/c1-3-4-9-17-13(15)11-8-6-5-7-10(11)12(14)16-2/h5-8H,3-4,9H2,1-2H3. The predicted molar refractivity (Wildman–Crippen MR) is 63.0 cm³/mol. The van der Waals surface area contributed by atoms with E-state index in [1.54, 1.807) is 24.3 Å². The van der Waals surface area contributed by atoms with Gasteiger partial charge in [-0.1, -0.05) is 25.5 Å². The fourth-order valence-corrected chi connectivity index (χ4v) is 1.34. The molecule has 0 atom stereocenters. The largest absolute Gasteiger partial charge is 0.465 e. The van der Waals surface area contributed by atoms with Gasteiger partial charge in [-0.15, -0.1) is 0 Å². The van der Waals surface area contributed by atoms with Crippen LogP contribution in [0.4, 0.5) is 0 Å². The molecule has 0 amide bonds. The molecule has 0 aliphatic carbocycles. The highest BCUT2D eigenvalue weighted by atomic mass is 16.5. The van der Waals surface area contributed by atoms with Crippen LogP contribution in [0.3, 0.4) is 0 Å². The van der Waals surface area contributed by atoms with E-state index < -0.39 is 11.9 Å². The Hall–Kier alpha value is -1.84. The van der Waals surface area contributed by atoms with Crippen LogP contribution in [0.2, 0.25) is 0 Å². The minimum Gasteiger partial charge on any atom is -0.465 e. The molecule has 0 saturated carbocycles. The van der Waals surface area contributed by atoms with Gasteiger partial charge in [-0.3, -0.25) is 0 Å². The third kappa shape index (κ3) is 3.59. The second-order valence-corrected chi connectivity index (χ2v) is 3.53. The number of hydrogen-bond donors (Lipinski definition) is 0. The van der Waals surface area contributed by atoms with Crippen molar-refractivity contribution in [1.29, 1.82) is 0 Å². The van der Waals surface area contributed by atoms with Gasteiger partial charge in [0.05, 0.1) is 24.8 Å². The van der Waals surface area contributed by atoms with Crippen LogP contribution >= 0.6 is 0 Å². The van der Waals surface area contributed by atoms with Crippen molar-refractivity contribution < 1.29 is 19.1 Å². The monoisotopic (exact) mass is 236 g/mol. The highest BCUT2D eigenvalue weighted by molar-refractivity contribution is 6.03. The summed E-state index contributed by atoms with van der Waals surface area (Å²) in [5, 5.41) is 0. The summed E-state index contributed by atoms with van der Waals surface area (Å²) in [6.07, 6.45) is 1.76. The third-order valence-electron chi connectivity index (χ3n) is 2.28. The molecule has 0 heterocycles. The number of ether oxygens (including phenoxy) is 2. The molecule has 0 spiro atoms. The van der Waals surface area contributed by atoms with Crippen molar-refractivity contribution in [3.05, 3.63) is 35.4 Å². The summed E-state index contributed by atoms with van der Waals surface area (Å²) in [4.78, 5) is 23.2. The molecule has 0 aliphatic rings. The number of carbonyl (C=O) groups is 2. The Morgan fingerprint density at radius 2 is 1.71 bits per heavy atom. The first kappa shape index (κ1) is 13.2. The average Bonchev–Trinajstić information content (AvgIpc) is 2.38. The fourth-order valence-electron chi connectivity index (χ4n) is 1.34. The molecule has 4 nitrogen and oxygen atoms in total. The Morgan fingerprint density at radius 1 is 1.12 bits per heavy atom. The molecule has 0 N–H and O–H groups in total. The first-order valence-electron chi connectivity index (χ1n) is 5.55. The lowest BCUT2D eigenvalue weighted by atomic mass is 10.1. The number of carbonyl (C=O) groups excluding carboxylic acids is 2. The van der Waals surface area contributed by atoms with Crippen LogP contribution in [-0.4, -0.2) is 25.7 Å². The molecule has 0 radical (unpaired) electrons. The molecule has 0 unspecified atom stereocenters. The zero-order chi connectivity index (χ0) is 12.7. The molecule has 17 heavy (non-hydrogen) atoms. The van der Waals surface area contributed by atoms with Crippen LogP contribution in [0.1, 0.15) is 40.5 Å². The van der Waals surface area contributed by atoms with Gasteiger partial charge in [0.25, 0.3) is 0 Å². The summed E-state index contributed by atoms with van der Waals surface area (Å²) in [6, 6.07) is 6.46. The van der Waals surface area contributed by atoms with Crippen molar-refractivity contribution in [2.45, 2.75) is 19.8 Å². The number of unbranched alkanes of at least 4 members (excludes halogenated alkanes) is 1. The first-order chi connectivity index (χ1) is 8.20. The minimum absolute atomic E-state index is 0.233. The number of hydrogen-bond acceptors (Lipinski definition) is 4. The van der Waals surface area contributed by atoms with Crippen LogP contribution in [0, 0.1) is 0 Å². The van der Waals surface area contributed by atoms with Crippen molar-refractivity contribution in [3.8, 4) is 0 Å². The molecule has 0 aromatic heterocycles. The van der Waals surface area contributed by atoms with E-state index in [1.165, 1.54) is 7.11 Å². The smallest absolute Gasteiger partial charge is 0.339 e. The van der Waals surface area contributed by atoms with Gasteiger partial charge in [-0.25, -0.2) is 9.59 Å². The highest BCUT2D eigenvalue weighted by Gasteiger charge is 2.17. The van der Waals surface area contributed by atoms with Crippen molar-refractivity contribution >= 4 is 11.9 Å². The second-order valence-electron chi connectivity index (χ2n) is 3.53. The lowest BCUT2D eigenvalue weighted by Gasteiger charge is -2.07. The number of methoxy groups -OCH3 is 1. The molecule has 0 fully saturated rings. The fraction of sp³-hybridized carbons (Fsp3) is 0.385. The highest BCUT2D eigenvalue weighted by Crippen LogP contribution is 2.11. The number of benzene rings is 1. The van der Waals surface area contributed by atoms with Gasteiger partial charge < -0.3 is 9.47 Å². The zero-order valence-electron chi connectivity index (χ0n) is 10.1. The maximum Gasteiger partial charge on any atom is 0.339 e. The third-order valence-corrected chi connectivity index (χ3v) is 2.28. The average molecular weight is 236 g/mol. The molecular formula is C13H16O4. The van der Waals surface area contributed by atoms with E-state index in [2.05, 4.69) is 4.74 Å². The lowest BCUT2D eigenvalue weighted by molar-refractivity contribution is 0.0481. The van der Waals surface area contributed by atoms with E-state index in [9.17, 15) is 9.59 Å². The Balaban J connectivity index is 2.82. The summed E-state index contributed by atoms with van der Waals surface area (Å²) in [5.74, 6) is -1.02. The van der Waals surface area contributed by atoms with Crippen LogP contribution in [0.15, 0.2) is 24.3 Å². The summed E-state index contributed by atoms with van der Waals surface area (Å²) in [5.41, 5.74) is 0.479. The van der Waals surface area contributed by atoms with Crippen LogP contribution in [-0.2, 0) is 9.47 Å². The van der Waals surface area contributed by atoms with E-state index >= 15 is 0 Å². The van der Waals surface area contributed by atoms with Crippen molar-refractivity contribution in [3.63, 3.8) is 0 Å². The van der Waals surface area contributed by atoms with Gasteiger partial charge in [-0.2, -0.15) is 0 Å². The molecule has 92 valence electrons. The van der Waals surface area contributed by atoms with Crippen LogP contribution in [0.5, 0.6) is 0 Å². The van der Waals surface area contributed by atoms with E-state index in [0.717, 1.165) is 12.8 Å². The number of esters is 2. The Bertz CT molecular complexity index is 398. The zero-order valence-corrected chi connectivity index (χ0v) is 10.1. The molecule has 0 bridgehead atoms. The van der Waals surface area contributed by atoms with Gasteiger partial charge in [0.2, 0.25) is 0 Å². The van der Waals surface area contributed by atoms with Gasteiger partial charge in [-0.05, 0) is 18.6 Å². The maximum atomic E-state index is 11.7. The van der Waals surface area contributed by atoms with E-state index in [4.69, 9.17) is 4.74 Å². The van der Waals surface area contributed by atoms with Gasteiger partial charge in [0, 0.05) is 0 Å². The maximum absolute atomic E-state index is 11.7. The van der Waals surface area contributed by atoms with Crippen LogP contribution < -0.4 is 0 Å². The van der Waals surface area contributed by atoms with Crippen molar-refractivity contribution in [1.82, 2.24) is 0 Å².